The molecule has 1 atom stereocenters. The summed E-state index contributed by atoms with van der Waals surface area (Å²) in [4.78, 5) is 34.1. The number of nitrogens with zero attached hydrogens (tertiary/aromatic N) is 3. The summed E-state index contributed by atoms with van der Waals surface area (Å²) in [7, 11) is 3.04. The second-order valence-electron chi connectivity index (χ2n) is 10.0. The number of ketones is 1. The minimum absolute atomic E-state index is 0.00510. The van der Waals surface area contributed by atoms with Crippen molar-refractivity contribution in [2.24, 2.45) is 10.9 Å². The number of methoxy groups -OCH3 is 2. The van der Waals surface area contributed by atoms with E-state index in [1.165, 1.54) is 50.2 Å². The summed E-state index contributed by atoms with van der Waals surface area (Å²) in [6, 6.07) is 9.54. The number of aliphatic imine (C=N–C) groups is 1. The zero-order chi connectivity index (χ0) is 30.1. The van der Waals surface area contributed by atoms with E-state index in [9.17, 15) is 22.8 Å². The zero-order valence-electron chi connectivity index (χ0n) is 23.1. The topological polar surface area (TPSA) is 107 Å². The lowest BCUT2D eigenvalue weighted by molar-refractivity contribution is -0.177. The van der Waals surface area contributed by atoms with Gasteiger partial charge >= 0.3 is 6.18 Å². The first-order chi connectivity index (χ1) is 20.1. The van der Waals surface area contributed by atoms with Crippen LogP contribution in [-0.4, -0.2) is 42.1 Å². The molecule has 12 heteroatoms. The average Bonchev–Trinajstić information content (AvgIpc) is 3.80. The number of carbonyl (C=O) groups is 1. The predicted molar refractivity (Wildman–Crippen MR) is 150 cm³/mol. The highest BCUT2D eigenvalue weighted by atomic mass is 19.4. The molecule has 42 heavy (non-hydrogen) atoms. The number of nitrogens with one attached hydrogen (secondary N) is 2. The molecule has 2 aromatic carbocycles. The minimum atomic E-state index is -4.70. The Labute approximate surface area is 239 Å². The maximum Gasteiger partial charge on any atom is 0.427 e. The number of carbonyl (C=O) groups excluding carboxylic acids is 1. The first-order valence-electron chi connectivity index (χ1n) is 13.1. The van der Waals surface area contributed by atoms with Crippen LogP contribution in [0, 0.1) is 17.8 Å². The number of ether oxygens (including phenoxy) is 2. The molecule has 0 amide bonds. The molecule has 1 fully saturated rings. The largest absolute Gasteiger partial charge is 0.497 e. The highest BCUT2D eigenvalue weighted by molar-refractivity contribution is 5.97. The summed E-state index contributed by atoms with van der Waals surface area (Å²) in [5.74, 6) is 5.86. The Hall–Kier alpha value is -4.79. The first kappa shape index (κ1) is 28.7. The molecule has 2 aliphatic rings. The maximum atomic E-state index is 14.3. The molecule has 2 heterocycles. The summed E-state index contributed by atoms with van der Waals surface area (Å²) < 4.78 is 54.9. The Balaban J connectivity index is 1.45. The lowest BCUT2D eigenvalue weighted by atomic mass is 9.86. The van der Waals surface area contributed by atoms with E-state index in [4.69, 9.17) is 9.47 Å². The number of alkyl halides is 3. The lowest BCUT2D eigenvalue weighted by Gasteiger charge is -2.34. The monoisotopic (exact) mass is 579 g/mol. The summed E-state index contributed by atoms with van der Waals surface area (Å²) >= 11 is 0. The van der Waals surface area contributed by atoms with Crippen molar-refractivity contribution in [2.45, 2.75) is 44.6 Å². The maximum absolute atomic E-state index is 14.3. The summed E-state index contributed by atoms with van der Waals surface area (Å²) in [6.45, 7) is 1.43. The van der Waals surface area contributed by atoms with Crippen molar-refractivity contribution >= 4 is 23.5 Å². The fourth-order valence-corrected chi connectivity index (χ4v) is 4.63. The van der Waals surface area contributed by atoms with Crippen LogP contribution in [0.1, 0.15) is 46.9 Å². The Morgan fingerprint density at radius 1 is 1.19 bits per heavy atom. The standard InChI is InChI=1S/C30H28F3N5O4/c1-18(39)26-27(34-14-21-7-8-22(41-2)13-25(21)42-3)28(40)38(17-36-26)15-20-6-9-23-24(12-20)35-16-37-29(23,30(31,32)33)11-10-19-4-5-19/h6-9,12-13,16-17,19,34H,4-5,14-15H2,1-3H3,(H,35,37)/t29-/m0/s1. The smallest absolute Gasteiger partial charge is 0.427 e. The van der Waals surface area contributed by atoms with Crippen LogP contribution in [0.15, 0.2) is 52.5 Å². The summed E-state index contributed by atoms with van der Waals surface area (Å²) in [5, 5.41) is 5.36. The molecule has 2 N–H and O–H groups in total. The molecule has 0 unspecified atom stereocenters. The van der Waals surface area contributed by atoms with E-state index in [0.29, 0.717) is 22.6 Å². The van der Waals surface area contributed by atoms with E-state index in [2.05, 4.69) is 32.5 Å². The molecule has 0 bridgehead atoms. The van der Waals surface area contributed by atoms with Crippen molar-refractivity contribution < 1.29 is 27.4 Å². The van der Waals surface area contributed by atoms with Crippen molar-refractivity contribution in [3.05, 3.63) is 75.5 Å². The molecule has 0 spiro atoms. The van der Waals surface area contributed by atoms with Gasteiger partial charge < -0.3 is 20.1 Å². The van der Waals surface area contributed by atoms with Crippen LogP contribution in [-0.2, 0) is 18.6 Å². The highest BCUT2D eigenvalue weighted by Gasteiger charge is 2.57. The van der Waals surface area contributed by atoms with Crippen LogP contribution in [0.3, 0.4) is 0 Å². The number of rotatable bonds is 8. The molecule has 1 aliphatic carbocycles. The number of Topliss-reactive ketones (excluding diaryl/α,β-unsaturated/α-hetero) is 1. The van der Waals surface area contributed by atoms with Crippen molar-refractivity contribution in [3.8, 4) is 23.3 Å². The van der Waals surface area contributed by atoms with Gasteiger partial charge in [0.2, 0.25) is 5.54 Å². The van der Waals surface area contributed by atoms with Gasteiger partial charge in [0.25, 0.3) is 5.56 Å². The number of aromatic nitrogens is 2. The Bertz CT molecular complexity index is 1680. The zero-order valence-corrected chi connectivity index (χ0v) is 23.1. The molecule has 0 radical (unpaired) electrons. The van der Waals surface area contributed by atoms with Gasteiger partial charge in [-0.2, -0.15) is 13.2 Å². The SMILES string of the molecule is COc1ccc(CNc2c(C(C)=O)ncn(Cc3ccc4c(c3)N=CN[C@]4(C#CC3CC3)C(F)(F)F)c2=O)c(OC)c1. The molecular formula is C30H28F3N5O4. The third kappa shape index (κ3) is 5.54. The van der Waals surface area contributed by atoms with E-state index >= 15 is 0 Å². The summed E-state index contributed by atoms with van der Waals surface area (Å²) in [6.07, 6.45) is -0.878. The first-order valence-corrected chi connectivity index (χ1v) is 13.1. The quantitative estimate of drug-likeness (QED) is 0.298. The molecule has 1 aliphatic heterocycles. The van der Waals surface area contributed by atoms with Gasteiger partial charge in [0.15, 0.2) is 5.78 Å². The molecule has 1 saturated carbocycles. The predicted octanol–water partition coefficient (Wildman–Crippen LogP) is 4.56. The Kier molecular flexibility index (Phi) is 7.69. The Morgan fingerprint density at radius 3 is 2.64 bits per heavy atom. The molecule has 1 aromatic heterocycles. The van der Waals surface area contributed by atoms with Gasteiger partial charge in [0.1, 0.15) is 22.9 Å². The normalized spacial score (nSPS) is 17.4. The van der Waals surface area contributed by atoms with Crippen LogP contribution in [0.2, 0.25) is 0 Å². The van der Waals surface area contributed by atoms with Gasteiger partial charge in [-0.15, -0.1) is 0 Å². The molecule has 9 nitrogen and oxygen atoms in total. The number of hydrogen-bond donors (Lipinski definition) is 2. The van der Waals surface area contributed by atoms with Crippen molar-refractivity contribution in [3.63, 3.8) is 0 Å². The van der Waals surface area contributed by atoms with E-state index in [0.717, 1.165) is 19.2 Å². The van der Waals surface area contributed by atoms with Crippen LogP contribution >= 0.6 is 0 Å². The lowest BCUT2D eigenvalue weighted by Crippen LogP contribution is -2.53. The number of halogens is 3. The van der Waals surface area contributed by atoms with Crippen molar-refractivity contribution in [1.29, 1.82) is 0 Å². The van der Waals surface area contributed by atoms with E-state index < -0.39 is 23.1 Å². The van der Waals surface area contributed by atoms with Crippen molar-refractivity contribution in [2.75, 3.05) is 19.5 Å². The average molecular weight is 580 g/mol. The minimum Gasteiger partial charge on any atom is -0.497 e. The van der Waals surface area contributed by atoms with Gasteiger partial charge in [-0.1, -0.05) is 24.0 Å². The molecule has 3 aromatic rings. The number of anilines is 1. The van der Waals surface area contributed by atoms with Gasteiger partial charge in [0, 0.05) is 36.6 Å². The number of hydrogen-bond acceptors (Lipinski definition) is 8. The van der Waals surface area contributed by atoms with Crippen molar-refractivity contribution in [1.82, 2.24) is 14.9 Å². The van der Waals surface area contributed by atoms with Gasteiger partial charge in [0.05, 0.1) is 39.1 Å². The van der Waals surface area contributed by atoms with Crippen LogP contribution < -0.4 is 25.7 Å². The van der Waals surface area contributed by atoms with Gasteiger partial charge in [-0.05, 0) is 36.6 Å². The third-order valence-corrected chi connectivity index (χ3v) is 7.09. The van der Waals surface area contributed by atoms with Crippen LogP contribution in [0.25, 0.3) is 0 Å². The van der Waals surface area contributed by atoms with Gasteiger partial charge in [-0.3, -0.25) is 14.2 Å². The van der Waals surface area contributed by atoms with E-state index in [1.54, 1.807) is 18.2 Å². The second kappa shape index (κ2) is 11.2. The number of fused-ring (bicyclic) bond motifs is 1. The second-order valence-corrected chi connectivity index (χ2v) is 10.0. The fourth-order valence-electron chi connectivity index (χ4n) is 4.63. The molecular weight excluding hydrogens is 551 g/mol. The van der Waals surface area contributed by atoms with Crippen LogP contribution in [0.4, 0.5) is 24.5 Å². The third-order valence-electron chi connectivity index (χ3n) is 7.09. The van der Waals surface area contributed by atoms with E-state index in [-0.39, 0.29) is 41.6 Å². The van der Waals surface area contributed by atoms with Gasteiger partial charge in [-0.25, -0.2) is 9.98 Å². The fraction of sp³-hybridized carbons (Fsp3) is 0.333. The Morgan fingerprint density at radius 2 is 1.98 bits per heavy atom. The van der Waals surface area contributed by atoms with Crippen LogP contribution in [0.5, 0.6) is 11.5 Å². The number of benzene rings is 2. The highest BCUT2D eigenvalue weighted by Crippen LogP contribution is 2.44. The van der Waals surface area contributed by atoms with E-state index in [1.807, 2.05) is 0 Å². The summed E-state index contributed by atoms with van der Waals surface area (Å²) in [5.41, 5.74) is -1.92. The molecule has 5 rings (SSSR count). The molecule has 0 saturated heterocycles. The molecule has 218 valence electrons.